The number of nitrogens with zero attached hydrogens (tertiary/aromatic N) is 1. The number of aliphatic carboxylic acids is 1. The molecule has 90 valence electrons. The van der Waals surface area contributed by atoms with E-state index in [0.29, 0.717) is 0 Å². The average Bonchev–Trinajstić information content (AvgIpc) is 2.72. The van der Waals surface area contributed by atoms with E-state index in [1.54, 1.807) is 0 Å². The van der Waals surface area contributed by atoms with Gasteiger partial charge in [-0.15, -0.1) is 0 Å². The number of anilines is 1. The zero-order valence-electron chi connectivity index (χ0n) is 10.0. The predicted molar refractivity (Wildman–Crippen MR) is 66.4 cm³/mol. The fraction of sp³-hybridized carbons (Fsp3) is 0.500. The number of carboxylic acid groups (broad SMARTS) is 1. The lowest BCUT2D eigenvalue weighted by molar-refractivity contribution is -0.141. The Labute approximate surface area is 101 Å². The Bertz CT molecular complexity index is 469. The molecule has 0 aliphatic carbocycles. The molecular weight excluding hydrogens is 214 g/mol. The Kier molecular flexibility index (Phi) is 2.35. The van der Waals surface area contributed by atoms with E-state index in [1.807, 2.05) is 0 Å². The maximum atomic E-state index is 11.2. The highest BCUT2D eigenvalue weighted by Crippen LogP contribution is 2.39. The second-order valence-electron chi connectivity index (χ2n) is 5.16. The molecule has 1 saturated heterocycles. The van der Waals surface area contributed by atoms with Gasteiger partial charge >= 0.3 is 5.97 Å². The third-order valence-corrected chi connectivity index (χ3v) is 4.12. The molecule has 3 heteroatoms. The molecule has 1 N–H and O–H groups in total. The number of hydrogen-bond acceptors (Lipinski definition) is 2. The Balaban J connectivity index is 1.96. The standard InChI is InChI=1S/C14H17NO2/c1-9-2-4-12-10(8-9)3-5-13-11(14(16)17)6-7-15(12)13/h2,4,8,11,13H,3,5-7H2,1H3,(H,16,17). The maximum absolute atomic E-state index is 11.2. The minimum Gasteiger partial charge on any atom is -0.481 e. The second-order valence-corrected chi connectivity index (χ2v) is 5.16. The Morgan fingerprint density at radius 1 is 1.41 bits per heavy atom. The van der Waals surface area contributed by atoms with E-state index in [0.717, 1.165) is 25.8 Å². The van der Waals surface area contributed by atoms with Crippen molar-refractivity contribution in [1.29, 1.82) is 0 Å². The van der Waals surface area contributed by atoms with E-state index in [1.165, 1.54) is 16.8 Å². The van der Waals surface area contributed by atoms with Crippen LogP contribution in [0.2, 0.25) is 0 Å². The number of rotatable bonds is 1. The Hall–Kier alpha value is -1.51. The molecule has 0 bridgehead atoms. The highest BCUT2D eigenvalue weighted by atomic mass is 16.4. The summed E-state index contributed by atoms with van der Waals surface area (Å²) in [6, 6.07) is 6.72. The Morgan fingerprint density at radius 2 is 2.24 bits per heavy atom. The van der Waals surface area contributed by atoms with Crippen LogP contribution in [0.3, 0.4) is 0 Å². The van der Waals surface area contributed by atoms with Crippen molar-refractivity contribution in [3.05, 3.63) is 29.3 Å². The molecule has 0 amide bonds. The van der Waals surface area contributed by atoms with Crippen molar-refractivity contribution < 1.29 is 9.90 Å². The summed E-state index contributed by atoms with van der Waals surface area (Å²) in [6.45, 7) is 2.99. The second kappa shape index (κ2) is 3.76. The zero-order chi connectivity index (χ0) is 12.0. The van der Waals surface area contributed by atoms with Gasteiger partial charge in [0.15, 0.2) is 0 Å². The van der Waals surface area contributed by atoms with Gasteiger partial charge in [-0.25, -0.2) is 0 Å². The van der Waals surface area contributed by atoms with Gasteiger partial charge < -0.3 is 10.0 Å². The Morgan fingerprint density at radius 3 is 3.00 bits per heavy atom. The van der Waals surface area contributed by atoms with Gasteiger partial charge in [-0.05, 0) is 37.8 Å². The van der Waals surface area contributed by atoms with Crippen molar-refractivity contribution in [3.8, 4) is 0 Å². The first-order chi connectivity index (χ1) is 8.16. The van der Waals surface area contributed by atoms with Crippen molar-refractivity contribution >= 4 is 11.7 Å². The van der Waals surface area contributed by atoms with E-state index in [2.05, 4.69) is 30.0 Å². The topological polar surface area (TPSA) is 40.5 Å². The third kappa shape index (κ3) is 1.61. The molecule has 17 heavy (non-hydrogen) atoms. The molecule has 0 radical (unpaired) electrons. The van der Waals surface area contributed by atoms with Crippen LogP contribution < -0.4 is 4.90 Å². The molecule has 2 atom stereocenters. The van der Waals surface area contributed by atoms with Gasteiger partial charge in [0.2, 0.25) is 0 Å². The van der Waals surface area contributed by atoms with E-state index < -0.39 is 5.97 Å². The molecule has 2 heterocycles. The number of carbonyl (C=O) groups is 1. The summed E-state index contributed by atoms with van der Waals surface area (Å²) in [7, 11) is 0. The summed E-state index contributed by atoms with van der Waals surface area (Å²) >= 11 is 0. The van der Waals surface area contributed by atoms with Gasteiger partial charge in [-0.2, -0.15) is 0 Å². The van der Waals surface area contributed by atoms with Crippen molar-refractivity contribution in [2.45, 2.75) is 32.2 Å². The SMILES string of the molecule is Cc1ccc2c(c1)CCC1C(C(=O)O)CCN21. The molecule has 1 fully saturated rings. The molecule has 0 aromatic heterocycles. The van der Waals surface area contributed by atoms with Crippen LogP contribution in [-0.2, 0) is 11.2 Å². The molecule has 2 unspecified atom stereocenters. The van der Waals surface area contributed by atoms with Crippen LogP contribution >= 0.6 is 0 Å². The van der Waals surface area contributed by atoms with Gasteiger partial charge in [0.1, 0.15) is 0 Å². The summed E-state index contributed by atoms with van der Waals surface area (Å²) in [6.07, 6.45) is 2.78. The first-order valence-corrected chi connectivity index (χ1v) is 6.26. The maximum Gasteiger partial charge on any atom is 0.308 e. The smallest absolute Gasteiger partial charge is 0.308 e. The molecule has 2 aliphatic heterocycles. The summed E-state index contributed by atoms with van der Waals surface area (Å²) in [5.41, 5.74) is 3.93. The van der Waals surface area contributed by atoms with Crippen molar-refractivity contribution in [2.24, 2.45) is 5.92 Å². The van der Waals surface area contributed by atoms with Gasteiger partial charge in [0.25, 0.3) is 0 Å². The number of benzene rings is 1. The largest absolute Gasteiger partial charge is 0.481 e. The molecule has 3 nitrogen and oxygen atoms in total. The van der Waals surface area contributed by atoms with E-state index in [4.69, 9.17) is 0 Å². The fourth-order valence-corrected chi connectivity index (χ4v) is 3.30. The van der Waals surface area contributed by atoms with Crippen molar-refractivity contribution in [3.63, 3.8) is 0 Å². The quantitative estimate of drug-likeness (QED) is 0.805. The number of fused-ring (bicyclic) bond motifs is 3. The highest BCUT2D eigenvalue weighted by Gasteiger charge is 2.41. The van der Waals surface area contributed by atoms with Gasteiger partial charge in [-0.3, -0.25) is 4.79 Å². The zero-order valence-corrected chi connectivity index (χ0v) is 10.0. The fourth-order valence-electron chi connectivity index (χ4n) is 3.30. The third-order valence-electron chi connectivity index (χ3n) is 4.12. The first-order valence-electron chi connectivity index (χ1n) is 6.26. The lowest BCUT2D eigenvalue weighted by Gasteiger charge is -2.35. The lowest BCUT2D eigenvalue weighted by Crippen LogP contribution is -2.39. The van der Waals surface area contributed by atoms with Crippen LogP contribution in [0.15, 0.2) is 18.2 Å². The predicted octanol–water partition coefficient (Wildman–Crippen LogP) is 2.22. The van der Waals surface area contributed by atoms with Crippen LogP contribution in [0.5, 0.6) is 0 Å². The molecule has 1 aromatic carbocycles. The van der Waals surface area contributed by atoms with E-state index in [-0.39, 0.29) is 12.0 Å². The van der Waals surface area contributed by atoms with Crippen LogP contribution in [0.25, 0.3) is 0 Å². The summed E-state index contributed by atoms with van der Waals surface area (Å²) in [4.78, 5) is 13.5. The minimum absolute atomic E-state index is 0.176. The molecular formula is C14H17NO2. The van der Waals surface area contributed by atoms with Crippen molar-refractivity contribution in [2.75, 3.05) is 11.4 Å². The monoisotopic (exact) mass is 231 g/mol. The molecule has 2 aliphatic rings. The average molecular weight is 231 g/mol. The minimum atomic E-state index is -0.631. The van der Waals surface area contributed by atoms with Crippen molar-refractivity contribution in [1.82, 2.24) is 0 Å². The lowest BCUT2D eigenvalue weighted by atomic mass is 9.90. The molecule has 0 saturated carbocycles. The van der Waals surface area contributed by atoms with Crippen LogP contribution in [0.4, 0.5) is 5.69 Å². The normalized spacial score (nSPS) is 26.5. The summed E-state index contributed by atoms with van der Waals surface area (Å²) in [5.74, 6) is -0.808. The highest BCUT2D eigenvalue weighted by molar-refractivity contribution is 5.74. The van der Waals surface area contributed by atoms with Gasteiger partial charge in [0, 0.05) is 18.3 Å². The van der Waals surface area contributed by atoms with Gasteiger partial charge in [-0.1, -0.05) is 17.7 Å². The number of carboxylic acids is 1. The number of aryl methyl sites for hydroxylation is 2. The van der Waals surface area contributed by atoms with Gasteiger partial charge in [0.05, 0.1) is 5.92 Å². The summed E-state index contributed by atoms with van der Waals surface area (Å²) in [5, 5.41) is 9.22. The molecule has 3 rings (SSSR count). The summed E-state index contributed by atoms with van der Waals surface area (Å²) < 4.78 is 0. The van der Waals surface area contributed by atoms with Crippen LogP contribution in [0.1, 0.15) is 24.0 Å². The number of hydrogen-bond donors (Lipinski definition) is 1. The molecule has 1 aromatic rings. The van der Waals surface area contributed by atoms with Crippen LogP contribution in [0, 0.1) is 12.8 Å². The molecule has 0 spiro atoms. The van der Waals surface area contributed by atoms with Crippen LogP contribution in [-0.4, -0.2) is 23.7 Å². The van der Waals surface area contributed by atoms with E-state index >= 15 is 0 Å². The first kappa shape index (κ1) is 10.6. The van der Waals surface area contributed by atoms with E-state index in [9.17, 15) is 9.90 Å².